The molecule has 0 saturated carbocycles. The molecule has 2 aromatic rings. The topological polar surface area (TPSA) is 35.5 Å². The number of ether oxygens (including phenoxy) is 2. The Hall–Kier alpha value is -2.29. The first kappa shape index (κ1) is 17.5. The van der Waals surface area contributed by atoms with E-state index in [2.05, 4.69) is 0 Å². The van der Waals surface area contributed by atoms with Crippen molar-refractivity contribution in [2.75, 3.05) is 12.5 Å². The number of benzene rings is 2. The molecule has 132 valence electrons. The lowest BCUT2D eigenvalue weighted by Gasteiger charge is -2.07. The van der Waals surface area contributed by atoms with Gasteiger partial charge in [-0.3, -0.25) is 4.79 Å². The number of halogens is 5. The fourth-order valence-electron chi connectivity index (χ4n) is 2.17. The van der Waals surface area contributed by atoms with Gasteiger partial charge >= 0.3 is 0 Å². The maximum atomic E-state index is 13.5. The molecule has 0 amide bonds. The highest BCUT2D eigenvalue weighted by atomic mass is 32.2. The number of rotatable bonds is 5. The number of Topliss-reactive ketones (excluding diaryl/α,β-unsaturated/α-hetero) is 1. The number of carbonyl (C=O) groups excluding carboxylic acids is 1. The summed E-state index contributed by atoms with van der Waals surface area (Å²) in [6.45, 7) is 0.0447. The second-order valence-electron chi connectivity index (χ2n) is 4.99. The molecule has 2 aromatic carbocycles. The molecule has 0 radical (unpaired) electrons. The van der Waals surface area contributed by atoms with Crippen molar-refractivity contribution in [2.45, 2.75) is 11.3 Å². The highest BCUT2D eigenvalue weighted by Gasteiger charge is 2.26. The standard InChI is InChI=1S/C16H9F5O3S/c17-11-12(18)14(20)16(15(21)13(11)19)25-4-3-8(22)7-1-2-9-10(5-7)24-6-23-9/h1-2,5H,3-4,6H2. The van der Waals surface area contributed by atoms with E-state index in [1.54, 1.807) is 6.07 Å². The summed E-state index contributed by atoms with van der Waals surface area (Å²) in [6, 6.07) is 4.51. The summed E-state index contributed by atoms with van der Waals surface area (Å²) in [5.74, 6) is -9.68. The first-order valence-electron chi connectivity index (χ1n) is 6.97. The SMILES string of the molecule is O=C(CCSc1c(F)c(F)c(F)c(F)c1F)c1ccc2c(c1)OCO2. The van der Waals surface area contributed by atoms with Crippen molar-refractivity contribution >= 4 is 17.5 Å². The van der Waals surface area contributed by atoms with Crippen molar-refractivity contribution in [2.24, 2.45) is 0 Å². The molecule has 0 aliphatic carbocycles. The largest absolute Gasteiger partial charge is 0.454 e. The Balaban J connectivity index is 1.68. The smallest absolute Gasteiger partial charge is 0.231 e. The first-order chi connectivity index (χ1) is 11.9. The molecule has 0 saturated heterocycles. The molecule has 0 fully saturated rings. The molecule has 9 heteroatoms. The molecule has 1 aliphatic heterocycles. The average molecular weight is 376 g/mol. The van der Waals surface area contributed by atoms with Gasteiger partial charge in [0.25, 0.3) is 0 Å². The zero-order valence-corrected chi connectivity index (χ0v) is 13.2. The van der Waals surface area contributed by atoms with E-state index in [0.717, 1.165) is 0 Å². The van der Waals surface area contributed by atoms with Gasteiger partial charge in [-0.15, -0.1) is 11.8 Å². The van der Waals surface area contributed by atoms with Crippen molar-refractivity contribution in [3.8, 4) is 11.5 Å². The molecular formula is C16H9F5O3S. The quantitative estimate of drug-likeness (QED) is 0.254. The molecule has 0 spiro atoms. The van der Waals surface area contributed by atoms with Crippen LogP contribution in [0.15, 0.2) is 23.1 Å². The van der Waals surface area contributed by atoms with E-state index in [9.17, 15) is 26.7 Å². The van der Waals surface area contributed by atoms with E-state index >= 15 is 0 Å². The van der Waals surface area contributed by atoms with Gasteiger partial charge in [0.1, 0.15) is 0 Å². The van der Waals surface area contributed by atoms with Gasteiger partial charge in [-0.2, -0.15) is 0 Å². The van der Waals surface area contributed by atoms with E-state index in [-0.39, 0.29) is 24.7 Å². The molecule has 25 heavy (non-hydrogen) atoms. The van der Waals surface area contributed by atoms with E-state index in [0.29, 0.717) is 28.8 Å². The predicted molar refractivity (Wildman–Crippen MR) is 78.5 cm³/mol. The van der Waals surface area contributed by atoms with Gasteiger partial charge in [-0.05, 0) is 18.2 Å². The van der Waals surface area contributed by atoms with Crippen LogP contribution in [-0.4, -0.2) is 18.3 Å². The highest BCUT2D eigenvalue weighted by molar-refractivity contribution is 7.99. The monoisotopic (exact) mass is 376 g/mol. The molecule has 0 bridgehead atoms. The summed E-state index contributed by atoms with van der Waals surface area (Å²) in [4.78, 5) is 11.1. The summed E-state index contributed by atoms with van der Waals surface area (Å²) < 4.78 is 76.5. The molecule has 0 atom stereocenters. The van der Waals surface area contributed by atoms with E-state index in [1.165, 1.54) is 12.1 Å². The second-order valence-corrected chi connectivity index (χ2v) is 6.09. The van der Waals surface area contributed by atoms with Crippen LogP contribution >= 0.6 is 11.8 Å². The normalized spacial score (nSPS) is 12.5. The Morgan fingerprint density at radius 2 is 1.52 bits per heavy atom. The molecule has 1 aliphatic rings. The Kier molecular flexibility index (Phi) is 4.85. The summed E-state index contributed by atoms with van der Waals surface area (Å²) in [5.41, 5.74) is 0.294. The average Bonchev–Trinajstić information content (AvgIpc) is 3.08. The summed E-state index contributed by atoms with van der Waals surface area (Å²) in [5, 5.41) is 0. The third kappa shape index (κ3) is 3.28. The third-order valence-electron chi connectivity index (χ3n) is 3.44. The molecule has 3 nitrogen and oxygen atoms in total. The van der Waals surface area contributed by atoms with Gasteiger partial charge in [0.15, 0.2) is 40.6 Å². The van der Waals surface area contributed by atoms with E-state index < -0.39 is 34.0 Å². The molecule has 1 heterocycles. The first-order valence-corrected chi connectivity index (χ1v) is 7.95. The zero-order valence-electron chi connectivity index (χ0n) is 12.4. The number of hydrogen-bond acceptors (Lipinski definition) is 4. The minimum Gasteiger partial charge on any atom is -0.454 e. The van der Waals surface area contributed by atoms with Crippen molar-refractivity contribution in [3.63, 3.8) is 0 Å². The van der Waals surface area contributed by atoms with Crippen LogP contribution in [0.5, 0.6) is 11.5 Å². The summed E-state index contributed by atoms with van der Waals surface area (Å²) in [6.07, 6.45) is -0.163. The number of carbonyl (C=O) groups is 1. The van der Waals surface area contributed by atoms with Gasteiger partial charge in [0, 0.05) is 17.7 Å². The van der Waals surface area contributed by atoms with Crippen LogP contribution in [0.1, 0.15) is 16.8 Å². The van der Waals surface area contributed by atoms with E-state index in [4.69, 9.17) is 9.47 Å². The van der Waals surface area contributed by atoms with Crippen LogP contribution in [0.3, 0.4) is 0 Å². The molecule has 3 rings (SSSR count). The Morgan fingerprint density at radius 3 is 2.20 bits per heavy atom. The Morgan fingerprint density at radius 1 is 0.920 bits per heavy atom. The number of fused-ring (bicyclic) bond motifs is 1. The molecule has 0 aromatic heterocycles. The van der Waals surface area contributed by atoms with Crippen molar-refractivity contribution in [3.05, 3.63) is 52.8 Å². The van der Waals surface area contributed by atoms with E-state index in [1.807, 2.05) is 0 Å². The lowest BCUT2D eigenvalue weighted by Crippen LogP contribution is -2.05. The van der Waals surface area contributed by atoms with Crippen LogP contribution in [-0.2, 0) is 0 Å². The van der Waals surface area contributed by atoms with Crippen molar-refractivity contribution in [1.82, 2.24) is 0 Å². The predicted octanol–water partition coefficient (Wildman–Crippen LogP) is 4.48. The number of ketones is 1. The maximum Gasteiger partial charge on any atom is 0.231 e. The highest BCUT2D eigenvalue weighted by Crippen LogP contribution is 2.34. The van der Waals surface area contributed by atoms with Crippen LogP contribution in [0.2, 0.25) is 0 Å². The minimum atomic E-state index is -2.21. The van der Waals surface area contributed by atoms with Crippen LogP contribution in [0.4, 0.5) is 22.0 Å². The fraction of sp³-hybridized carbons (Fsp3) is 0.188. The number of hydrogen-bond donors (Lipinski definition) is 0. The lowest BCUT2D eigenvalue weighted by molar-refractivity contribution is 0.0989. The summed E-state index contributed by atoms with van der Waals surface area (Å²) in [7, 11) is 0. The number of thioether (sulfide) groups is 1. The molecule has 0 N–H and O–H groups in total. The van der Waals surface area contributed by atoms with Crippen LogP contribution < -0.4 is 9.47 Å². The van der Waals surface area contributed by atoms with Gasteiger partial charge in [0.05, 0.1) is 4.90 Å². The van der Waals surface area contributed by atoms with Crippen LogP contribution in [0.25, 0.3) is 0 Å². The van der Waals surface area contributed by atoms with Gasteiger partial charge in [0.2, 0.25) is 12.6 Å². The van der Waals surface area contributed by atoms with Gasteiger partial charge in [-0.1, -0.05) is 0 Å². The van der Waals surface area contributed by atoms with Gasteiger partial charge in [-0.25, -0.2) is 22.0 Å². The summed E-state index contributed by atoms with van der Waals surface area (Å²) >= 11 is 0.386. The van der Waals surface area contributed by atoms with Crippen molar-refractivity contribution < 1.29 is 36.2 Å². The minimum absolute atomic E-state index is 0.0447. The van der Waals surface area contributed by atoms with Crippen LogP contribution in [0, 0.1) is 29.1 Å². The Labute approximate surface area is 142 Å². The van der Waals surface area contributed by atoms with Gasteiger partial charge < -0.3 is 9.47 Å². The Bertz CT molecular complexity index is 827. The second kappa shape index (κ2) is 6.91. The third-order valence-corrected chi connectivity index (χ3v) is 4.49. The fourth-order valence-corrected chi connectivity index (χ4v) is 3.10. The maximum absolute atomic E-state index is 13.5. The van der Waals surface area contributed by atoms with Crippen molar-refractivity contribution in [1.29, 1.82) is 0 Å². The lowest BCUT2D eigenvalue weighted by atomic mass is 10.1. The molecular weight excluding hydrogens is 367 g/mol. The zero-order chi connectivity index (χ0) is 18.1. The molecule has 0 unspecified atom stereocenters.